The Morgan fingerprint density at radius 1 is 1.52 bits per heavy atom. The Labute approximate surface area is 133 Å². The largest absolute Gasteiger partial charge is 0.497 e. The van der Waals surface area contributed by atoms with Crippen LogP contribution in [0.25, 0.3) is 0 Å². The Morgan fingerprint density at radius 2 is 2.29 bits per heavy atom. The van der Waals surface area contributed by atoms with Gasteiger partial charge in [-0.25, -0.2) is 4.98 Å². The second-order valence-electron chi connectivity index (χ2n) is 4.30. The summed E-state index contributed by atoms with van der Waals surface area (Å²) in [5.74, 6) is 0.568. The zero-order valence-electron chi connectivity index (χ0n) is 11.8. The number of methoxy groups -OCH3 is 1. The first-order valence-corrected chi connectivity index (χ1v) is 7.11. The first kappa shape index (κ1) is 17.4. The van der Waals surface area contributed by atoms with E-state index >= 15 is 0 Å². The smallest absolute Gasteiger partial charge is 0.271 e. The molecule has 7 heteroatoms. The first-order chi connectivity index (χ1) is 9.63. The van der Waals surface area contributed by atoms with Crippen molar-refractivity contribution in [3.63, 3.8) is 0 Å². The number of rotatable bonds is 5. The molecule has 114 valence electrons. The van der Waals surface area contributed by atoms with Gasteiger partial charge in [-0.2, -0.15) is 0 Å². The highest BCUT2D eigenvalue weighted by Gasteiger charge is 2.14. The predicted octanol–water partition coefficient (Wildman–Crippen LogP) is 2.52. The van der Waals surface area contributed by atoms with Gasteiger partial charge in [0.05, 0.1) is 13.2 Å². The number of aromatic nitrogens is 1. The maximum atomic E-state index is 12.1. The molecular formula is C14H18ClN3O2S. The molecule has 1 amide bonds. The summed E-state index contributed by atoms with van der Waals surface area (Å²) >= 11 is 1.39. The fourth-order valence-electron chi connectivity index (χ4n) is 1.77. The zero-order chi connectivity index (χ0) is 14.5. The van der Waals surface area contributed by atoms with E-state index in [2.05, 4.69) is 10.3 Å². The van der Waals surface area contributed by atoms with E-state index in [1.54, 1.807) is 12.5 Å². The summed E-state index contributed by atoms with van der Waals surface area (Å²) in [5.41, 5.74) is 6.88. The number of ether oxygens (including phenoxy) is 1. The number of amides is 1. The van der Waals surface area contributed by atoms with Gasteiger partial charge in [0.15, 0.2) is 0 Å². The Kier molecular flexibility index (Phi) is 6.61. The number of halogens is 1. The summed E-state index contributed by atoms with van der Waals surface area (Å²) in [6.07, 6.45) is 0. The maximum absolute atomic E-state index is 12.1. The standard InChI is InChI=1S/C14H17N3O2S.ClH/c1-9(10-4-3-5-11(6-10)19-2)16-14(18)12-8-20-13(7-15)17-12;/h3-6,8-9H,7,15H2,1-2H3,(H,16,18);1H. The van der Waals surface area contributed by atoms with Crippen LogP contribution in [0, 0.1) is 0 Å². The first-order valence-electron chi connectivity index (χ1n) is 6.23. The van der Waals surface area contributed by atoms with Crippen molar-refractivity contribution in [3.8, 4) is 5.75 Å². The summed E-state index contributed by atoms with van der Waals surface area (Å²) in [7, 11) is 1.62. The number of thiazole rings is 1. The van der Waals surface area contributed by atoms with E-state index in [1.165, 1.54) is 11.3 Å². The van der Waals surface area contributed by atoms with Crippen LogP contribution < -0.4 is 15.8 Å². The van der Waals surface area contributed by atoms with Gasteiger partial charge in [0.2, 0.25) is 0 Å². The van der Waals surface area contributed by atoms with Crippen molar-refractivity contribution < 1.29 is 9.53 Å². The van der Waals surface area contributed by atoms with Crippen molar-refractivity contribution in [1.29, 1.82) is 0 Å². The minimum atomic E-state index is -0.198. The molecule has 1 aromatic heterocycles. The number of nitrogens with one attached hydrogen (secondary N) is 1. The molecule has 1 unspecified atom stereocenters. The molecule has 1 heterocycles. The van der Waals surface area contributed by atoms with Crippen LogP contribution in [0.2, 0.25) is 0 Å². The molecule has 21 heavy (non-hydrogen) atoms. The van der Waals surface area contributed by atoms with Crippen molar-refractivity contribution in [2.24, 2.45) is 5.73 Å². The van der Waals surface area contributed by atoms with E-state index in [-0.39, 0.29) is 24.4 Å². The molecule has 3 N–H and O–H groups in total. The van der Waals surface area contributed by atoms with Gasteiger partial charge in [-0.1, -0.05) is 12.1 Å². The molecule has 0 fully saturated rings. The van der Waals surface area contributed by atoms with Crippen LogP contribution in [0.1, 0.15) is 34.0 Å². The lowest BCUT2D eigenvalue weighted by atomic mass is 10.1. The molecule has 0 aliphatic rings. The van der Waals surface area contributed by atoms with Crippen LogP contribution in [0.5, 0.6) is 5.75 Å². The lowest BCUT2D eigenvalue weighted by molar-refractivity contribution is 0.0935. The summed E-state index contributed by atoms with van der Waals surface area (Å²) in [4.78, 5) is 16.2. The van der Waals surface area contributed by atoms with E-state index in [9.17, 15) is 4.79 Å². The molecule has 5 nitrogen and oxygen atoms in total. The van der Waals surface area contributed by atoms with Crippen molar-refractivity contribution in [2.75, 3.05) is 7.11 Å². The molecule has 0 aliphatic carbocycles. The molecule has 0 radical (unpaired) electrons. The second kappa shape index (κ2) is 7.97. The van der Waals surface area contributed by atoms with Crippen LogP contribution >= 0.6 is 23.7 Å². The Bertz CT molecular complexity index is 603. The number of nitrogens with zero attached hydrogens (tertiary/aromatic N) is 1. The predicted molar refractivity (Wildman–Crippen MR) is 86.1 cm³/mol. The van der Waals surface area contributed by atoms with Crippen LogP contribution in [-0.4, -0.2) is 18.0 Å². The van der Waals surface area contributed by atoms with Crippen molar-refractivity contribution >= 4 is 29.7 Å². The van der Waals surface area contributed by atoms with Gasteiger partial charge in [-0.3, -0.25) is 4.79 Å². The summed E-state index contributed by atoms with van der Waals surface area (Å²) in [5, 5.41) is 5.38. The normalized spacial score (nSPS) is 11.4. The fraction of sp³-hybridized carbons (Fsp3) is 0.286. The minimum Gasteiger partial charge on any atom is -0.497 e. The SMILES string of the molecule is COc1cccc(C(C)NC(=O)c2csc(CN)n2)c1.Cl. The topological polar surface area (TPSA) is 77.2 Å². The zero-order valence-corrected chi connectivity index (χ0v) is 13.5. The quantitative estimate of drug-likeness (QED) is 0.884. The molecule has 2 rings (SSSR count). The third-order valence-corrected chi connectivity index (χ3v) is 3.77. The summed E-state index contributed by atoms with van der Waals surface area (Å²) in [6, 6.07) is 7.48. The highest BCUT2D eigenvalue weighted by Crippen LogP contribution is 2.19. The Balaban J connectivity index is 0.00000220. The second-order valence-corrected chi connectivity index (χ2v) is 5.25. The van der Waals surface area contributed by atoms with Crippen LogP contribution in [0.4, 0.5) is 0 Å². The lowest BCUT2D eigenvalue weighted by Crippen LogP contribution is -2.27. The molecular weight excluding hydrogens is 310 g/mol. The van der Waals surface area contributed by atoms with Crippen molar-refractivity contribution in [2.45, 2.75) is 19.5 Å². The molecule has 0 aliphatic heterocycles. The van der Waals surface area contributed by atoms with Gasteiger partial charge >= 0.3 is 0 Å². The van der Waals surface area contributed by atoms with Crippen LogP contribution in [0.15, 0.2) is 29.6 Å². The molecule has 0 bridgehead atoms. The third-order valence-electron chi connectivity index (χ3n) is 2.90. The van der Waals surface area contributed by atoms with Crippen LogP contribution in [0.3, 0.4) is 0 Å². The number of carbonyl (C=O) groups excluding carboxylic acids is 1. The lowest BCUT2D eigenvalue weighted by Gasteiger charge is -2.14. The van der Waals surface area contributed by atoms with Gasteiger partial charge in [-0.15, -0.1) is 23.7 Å². The summed E-state index contributed by atoms with van der Waals surface area (Å²) in [6.45, 7) is 2.27. The van der Waals surface area contributed by atoms with E-state index < -0.39 is 0 Å². The van der Waals surface area contributed by atoms with E-state index in [4.69, 9.17) is 10.5 Å². The van der Waals surface area contributed by atoms with Crippen molar-refractivity contribution in [1.82, 2.24) is 10.3 Å². The molecule has 0 saturated carbocycles. The number of carbonyl (C=O) groups is 1. The van der Waals surface area contributed by atoms with E-state index in [0.29, 0.717) is 12.2 Å². The number of benzene rings is 1. The average Bonchev–Trinajstić information content (AvgIpc) is 2.96. The van der Waals surface area contributed by atoms with Gasteiger partial charge in [-0.05, 0) is 24.6 Å². The minimum absolute atomic E-state index is 0. The molecule has 2 aromatic rings. The third kappa shape index (κ3) is 4.42. The number of hydrogen-bond acceptors (Lipinski definition) is 5. The Hall–Kier alpha value is -1.63. The molecule has 1 atom stereocenters. The highest BCUT2D eigenvalue weighted by atomic mass is 35.5. The highest BCUT2D eigenvalue weighted by molar-refractivity contribution is 7.09. The Morgan fingerprint density at radius 3 is 2.90 bits per heavy atom. The fourth-order valence-corrected chi connectivity index (χ4v) is 2.43. The molecule has 0 saturated heterocycles. The maximum Gasteiger partial charge on any atom is 0.271 e. The van der Waals surface area contributed by atoms with Gasteiger partial charge in [0.1, 0.15) is 16.5 Å². The molecule has 0 spiro atoms. The van der Waals surface area contributed by atoms with E-state index in [1.807, 2.05) is 31.2 Å². The summed E-state index contributed by atoms with van der Waals surface area (Å²) < 4.78 is 5.18. The average molecular weight is 328 g/mol. The molecule has 1 aromatic carbocycles. The monoisotopic (exact) mass is 327 g/mol. The van der Waals surface area contributed by atoms with Crippen LogP contribution in [-0.2, 0) is 6.54 Å². The van der Waals surface area contributed by atoms with Gasteiger partial charge in [0, 0.05) is 11.9 Å². The van der Waals surface area contributed by atoms with Crippen molar-refractivity contribution in [3.05, 3.63) is 45.9 Å². The number of hydrogen-bond donors (Lipinski definition) is 2. The van der Waals surface area contributed by atoms with E-state index in [0.717, 1.165) is 16.3 Å². The number of nitrogens with two attached hydrogens (primary N) is 1. The van der Waals surface area contributed by atoms with Gasteiger partial charge in [0.25, 0.3) is 5.91 Å². The van der Waals surface area contributed by atoms with Gasteiger partial charge < -0.3 is 15.8 Å².